The summed E-state index contributed by atoms with van der Waals surface area (Å²) in [5.74, 6) is -0.816. The molecule has 4 atom stereocenters. The minimum absolute atomic E-state index is 0.141. The second-order valence-electron chi connectivity index (χ2n) is 10.4. The number of para-hydroxylation sites is 2. The molecule has 0 saturated carbocycles. The molecule has 0 aromatic heterocycles. The first-order valence-corrected chi connectivity index (χ1v) is 13.0. The molecule has 2 saturated heterocycles. The van der Waals surface area contributed by atoms with Crippen LogP contribution in [-0.2, 0) is 20.5 Å². The van der Waals surface area contributed by atoms with Crippen molar-refractivity contribution < 1.29 is 19.1 Å². The van der Waals surface area contributed by atoms with E-state index < -0.39 is 16.9 Å². The molecule has 4 aliphatic heterocycles. The first-order valence-electron chi connectivity index (χ1n) is 13.0. The summed E-state index contributed by atoms with van der Waals surface area (Å²) in [5, 5.41) is 6.14. The number of ketones is 1. The highest BCUT2D eigenvalue weighted by atomic mass is 16.5. The maximum atomic E-state index is 14.6. The van der Waals surface area contributed by atoms with Crippen LogP contribution in [-0.4, -0.2) is 41.7 Å². The number of hydrogen-bond acceptors (Lipinski definition) is 5. The van der Waals surface area contributed by atoms with Gasteiger partial charge in [-0.05, 0) is 61.3 Å². The van der Waals surface area contributed by atoms with Crippen molar-refractivity contribution >= 4 is 29.0 Å². The Labute approximate surface area is 220 Å². The highest BCUT2D eigenvalue weighted by Crippen LogP contribution is 2.67. The molecule has 7 heteroatoms. The zero-order chi connectivity index (χ0) is 26.1. The second-order valence-corrected chi connectivity index (χ2v) is 10.4. The van der Waals surface area contributed by atoms with Crippen LogP contribution in [0.25, 0.3) is 0 Å². The highest BCUT2D eigenvalue weighted by molar-refractivity contribution is 6.21. The number of Topliss-reactive ketones (excluding diaryl/α,β-unsaturated/α-hetero) is 1. The third-order valence-electron chi connectivity index (χ3n) is 8.79. The van der Waals surface area contributed by atoms with Crippen molar-refractivity contribution in [2.24, 2.45) is 5.92 Å². The van der Waals surface area contributed by atoms with Gasteiger partial charge in [0, 0.05) is 28.5 Å². The van der Waals surface area contributed by atoms with Crippen molar-refractivity contribution in [3.05, 3.63) is 102 Å². The molecule has 2 amide bonds. The molecular formula is C31H27N3O4. The van der Waals surface area contributed by atoms with Gasteiger partial charge in [-0.25, -0.2) is 0 Å². The zero-order valence-electron chi connectivity index (χ0n) is 20.8. The van der Waals surface area contributed by atoms with Crippen LogP contribution in [0.5, 0.6) is 5.75 Å². The summed E-state index contributed by atoms with van der Waals surface area (Å²) < 4.78 is 5.62. The number of amides is 2. The smallest absolute Gasteiger partial charge is 0.251 e. The summed E-state index contributed by atoms with van der Waals surface area (Å²) in [7, 11) is 0. The Morgan fingerprint density at radius 2 is 1.61 bits per heavy atom. The molecule has 38 heavy (non-hydrogen) atoms. The van der Waals surface area contributed by atoms with Gasteiger partial charge in [-0.1, -0.05) is 49.1 Å². The number of anilines is 2. The van der Waals surface area contributed by atoms with E-state index in [9.17, 15) is 14.4 Å². The Hall–Kier alpha value is -4.23. The summed E-state index contributed by atoms with van der Waals surface area (Å²) in [4.78, 5) is 45.5. The molecule has 0 radical (unpaired) electrons. The molecule has 2 N–H and O–H groups in total. The Kier molecular flexibility index (Phi) is 4.91. The number of carbonyl (C=O) groups excluding carboxylic acids is 3. The van der Waals surface area contributed by atoms with Crippen molar-refractivity contribution in [3.63, 3.8) is 0 Å². The van der Waals surface area contributed by atoms with Gasteiger partial charge in [0.15, 0.2) is 5.78 Å². The maximum absolute atomic E-state index is 14.6. The number of ether oxygens (including phenoxy) is 1. The first-order chi connectivity index (χ1) is 18.5. The lowest BCUT2D eigenvalue weighted by Gasteiger charge is -2.43. The largest absolute Gasteiger partial charge is 0.490 e. The van der Waals surface area contributed by atoms with Crippen LogP contribution in [0.2, 0.25) is 0 Å². The number of hydrogen-bond donors (Lipinski definition) is 2. The summed E-state index contributed by atoms with van der Waals surface area (Å²) in [6.07, 6.45) is 3.24. The van der Waals surface area contributed by atoms with Crippen molar-refractivity contribution in [2.75, 3.05) is 23.8 Å². The fourth-order valence-electron chi connectivity index (χ4n) is 7.58. The molecule has 190 valence electrons. The SMILES string of the molecule is C=CCOc1ccc(C(=O)[C@H]2[C@@H]3CCCN3[C@@]3(C(=O)Nc4ccccc43)[C@]23C(=O)Nc2ccccc23)cc1. The second kappa shape index (κ2) is 8.13. The predicted molar refractivity (Wildman–Crippen MR) is 143 cm³/mol. The number of nitrogens with zero attached hydrogens (tertiary/aromatic N) is 1. The fraction of sp³-hybridized carbons (Fsp3) is 0.258. The molecule has 4 aliphatic rings. The van der Waals surface area contributed by atoms with Gasteiger partial charge >= 0.3 is 0 Å². The lowest BCUT2D eigenvalue weighted by molar-refractivity contribution is -0.137. The van der Waals surface area contributed by atoms with E-state index in [1.165, 1.54) is 0 Å². The monoisotopic (exact) mass is 505 g/mol. The highest BCUT2D eigenvalue weighted by Gasteiger charge is 2.81. The normalized spacial score (nSPS) is 28.6. The van der Waals surface area contributed by atoms with E-state index in [-0.39, 0.29) is 23.6 Å². The average Bonchev–Trinajstić information content (AvgIpc) is 3.66. The van der Waals surface area contributed by atoms with E-state index in [0.29, 0.717) is 41.4 Å². The van der Waals surface area contributed by atoms with Crippen molar-refractivity contribution in [1.29, 1.82) is 0 Å². The molecule has 0 bridgehead atoms. The van der Waals surface area contributed by atoms with Gasteiger partial charge in [-0.3, -0.25) is 19.3 Å². The fourth-order valence-corrected chi connectivity index (χ4v) is 7.58. The number of fused-ring (bicyclic) bond motifs is 7. The van der Waals surface area contributed by atoms with E-state index in [1.54, 1.807) is 30.3 Å². The number of benzene rings is 3. The van der Waals surface area contributed by atoms with Crippen molar-refractivity contribution in [2.45, 2.75) is 29.8 Å². The van der Waals surface area contributed by atoms with Gasteiger partial charge in [0.2, 0.25) is 5.91 Å². The van der Waals surface area contributed by atoms with E-state index in [1.807, 2.05) is 48.5 Å². The number of carbonyl (C=O) groups is 3. The van der Waals surface area contributed by atoms with Crippen molar-refractivity contribution in [3.8, 4) is 5.75 Å². The third-order valence-corrected chi connectivity index (χ3v) is 8.79. The quantitative estimate of drug-likeness (QED) is 0.400. The van der Waals surface area contributed by atoms with E-state index in [2.05, 4.69) is 22.1 Å². The van der Waals surface area contributed by atoms with E-state index >= 15 is 0 Å². The van der Waals surface area contributed by atoms with Crippen LogP contribution in [0.4, 0.5) is 11.4 Å². The minimum atomic E-state index is -1.43. The van der Waals surface area contributed by atoms with Crippen LogP contribution in [0.15, 0.2) is 85.5 Å². The Bertz CT molecular complexity index is 1520. The number of nitrogens with one attached hydrogen (secondary N) is 2. The lowest BCUT2D eigenvalue weighted by atomic mass is 9.57. The summed E-state index contributed by atoms with van der Waals surface area (Å²) in [6.45, 7) is 4.67. The van der Waals surface area contributed by atoms with Crippen LogP contribution < -0.4 is 15.4 Å². The minimum Gasteiger partial charge on any atom is -0.490 e. The van der Waals surface area contributed by atoms with Gasteiger partial charge in [-0.2, -0.15) is 0 Å². The number of rotatable bonds is 5. The van der Waals surface area contributed by atoms with E-state index in [4.69, 9.17) is 4.74 Å². The van der Waals surface area contributed by atoms with Crippen LogP contribution >= 0.6 is 0 Å². The van der Waals surface area contributed by atoms with Gasteiger partial charge in [-0.15, -0.1) is 0 Å². The molecular weight excluding hydrogens is 478 g/mol. The Morgan fingerprint density at radius 1 is 0.947 bits per heavy atom. The molecule has 0 unspecified atom stereocenters. The molecule has 2 spiro atoms. The summed E-state index contributed by atoms with van der Waals surface area (Å²) >= 11 is 0. The molecule has 7 rings (SSSR count). The van der Waals surface area contributed by atoms with Crippen molar-refractivity contribution in [1.82, 2.24) is 4.90 Å². The first kappa shape index (κ1) is 22.9. The Morgan fingerprint density at radius 3 is 2.34 bits per heavy atom. The Balaban J connectivity index is 1.49. The molecule has 3 aromatic rings. The molecule has 7 nitrogen and oxygen atoms in total. The standard InChI is InChI=1S/C31H27N3O4/c1-2-18-38-20-15-13-19(14-16-20)27(35)26-25-12-7-17-34(25)31(22-9-4-6-11-24(22)33-29(31)37)30(26)21-8-3-5-10-23(21)32-28(30)36/h2-6,8-11,13-16,25-26H,1,7,12,17-18H2,(H,32,36)(H,33,37)/t25-,26+,30-,31-/m0/s1. The molecule has 4 heterocycles. The maximum Gasteiger partial charge on any atom is 0.251 e. The van der Waals surface area contributed by atoms with Crippen LogP contribution in [0, 0.1) is 5.92 Å². The zero-order valence-corrected chi connectivity index (χ0v) is 20.8. The summed E-state index contributed by atoms with van der Waals surface area (Å²) in [5.41, 5.74) is 0.531. The average molecular weight is 506 g/mol. The van der Waals surface area contributed by atoms with Gasteiger partial charge < -0.3 is 15.4 Å². The van der Waals surface area contributed by atoms with Gasteiger partial charge in [0.25, 0.3) is 5.91 Å². The molecule has 3 aromatic carbocycles. The summed E-state index contributed by atoms with van der Waals surface area (Å²) in [6, 6.07) is 21.8. The molecule has 2 fully saturated rings. The van der Waals surface area contributed by atoms with Gasteiger partial charge in [0.05, 0.1) is 5.92 Å². The molecule has 0 aliphatic carbocycles. The lowest BCUT2D eigenvalue weighted by Crippen LogP contribution is -2.62. The van der Waals surface area contributed by atoms with Crippen LogP contribution in [0.3, 0.4) is 0 Å². The third kappa shape index (κ3) is 2.64. The van der Waals surface area contributed by atoms with Crippen LogP contribution in [0.1, 0.15) is 34.3 Å². The topological polar surface area (TPSA) is 87.7 Å². The van der Waals surface area contributed by atoms with E-state index in [0.717, 1.165) is 18.4 Å². The predicted octanol–water partition coefficient (Wildman–Crippen LogP) is 4.27. The van der Waals surface area contributed by atoms with Gasteiger partial charge in [0.1, 0.15) is 23.3 Å².